The highest BCUT2D eigenvalue weighted by atomic mass is 32.2. The normalized spacial score (nSPS) is 15.0. The summed E-state index contributed by atoms with van der Waals surface area (Å²) in [5.74, 6) is 0.860. The van der Waals surface area contributed by atoms with Gasteiger partial charge in [0.25, 0.3) is 0 Å². The Kier molecular flexibility index (Phi) is 3.86. The van der Waals surface area contributed by atoms with Crippen molar-refractivity contribution in [3.05, 3.63) is 42.0 Å². The molecule has 0 unspecified atom stereocenters. The van der Waals surface area contributed by atoms with Gasteiger partial charge < -0.3 is 10.0 Å². The Hall–Kier alpha value is -1.26. The van der Waals surface area contributed by atoms with Crippen LogP contribution in [0.2, 0.25) is 0 Å². The van der Waals surface area contributed by atoms with Gasteiger partial charge >= 0.3 is 0 Å². The van der Waals surface area contributed by atoms with Crippen LogP contribution in [0, 0.1) is 0 Å². The third-order valence-electron chi connectivity index (χ3n) is 2.77. The summed E-state index contributed by atoms with van der Waals surface area (Å²) >= 11 is 1.75. The number of aliphatic hydroxyl groups is 1. The van der Waals surface area contributed by atoms with Crippen LogP contribution < -0.4 is 0 Å². The molecular weight excluding hydrogens is 234 g/mol. The number of thioether (sulfide) groups is 1. The van der Waals surface area contributed by atoms with E-state index in [1.54, 1.807) is 16.7 Å². The van der Waals surface area contributed by atoms with E-state index >= 15 is 0 Å². The molecule has 4 heteroatoms. The fourth-order valence-corrected chi connectivity index (χ4v) is 2.87. The van der Waals surface area contributed by atoms with Gasteiger partial charge in [0.1, 0.15) is 0 Å². The van der Waals surface area contributed by atoms with Crippen LogP contribution in [-0.4, -0.2) is 28.2 Å². The van der Waals surface area contributed by atoms with Crippen LogP contribution in [0.5, 0.6) is 0 Å². The highest BCUT2D eigenvalue weighted by Gasteiger charge is 2.17. The largest absolute Gasteiger partial charge is 0.392 e. The average Bonchev–Trinajstić information content (AvgIpc) is 2.58. The second-order valence-electron chi connectivity index (χ2n) is 3.91. The second-order valence-corrected chi connectivity index (χ2v) is 5.05. The standard InChI is InChI=1S/C13H15NO2S/c1-2-13(16)14-5-6-17-12-4-3-10(9-15)7-11(12)8-14/h2-4,7,15H,1,5-6,8-9H2. The zero-order chi connectivity index (χ0) is 12.3. The summed E-state index contributed by atoms with van der Waals surface area (Å²) in [6, 6.07) is 5.92. The van der Waals surface area contributed by atoms with Gasteiger partial charge in [-0.1, -0.05) is 18.7 Å². The minimum atomic E-state index is -0.0344. The molecule has 2 rings (SSSR count). The zero-order valence-corrected chi connectivity index (χ0v) is 10.4. The summed E-state index contributed by atoms with van der Waals surface area (Å²) in [6.45, 7) is 4.89. The summed E-state index contributed by atoms with van der Waals surface area (Å²) in [6.07, 6.45) is 1.35. The smallest absolute Gasteiger partial charge is 0.246 e. The van der Waals surface area contributed by atoms with Crippen LogP contribution in [0.4, 0.5) is 0 Å². The highest BCUT2D eigenvalue weighted by Crippen LogP contribution is 2.28. The van der Waals surface area contributed by atoms with Crippen LogP contribution >= 0.6 is 11.8 Å². The van der Waals surface area contributed by atoms with Gasteiger partial charge in [-0.3, -0.25) is 4.79 Å². The van der Waals surface area contributed by atoms with Gasteiger partial charge in [-0.25, -0.2) is 0 Å². The first kappa shape index (κ1) is 12.2. The first-order valence-corrected chi connectivity index (χ1v) is 6.50. The third kappa shape index (κ3) is 2.70. The number of amides is 1. The number of rotatable bonds is 2. The maximum Gasteiger partial charge on any atom is 0.246 e. The van der Waals surface area contributed by atoms with Gasteiger partial charge in [-0.15, -0.1) is 11.8 Å². The average molecular weight is 249 g/mol. The van der Waals surface area contributed by atoms with Crippen molar-refractivity contribution >= 4 is 17.7 Å². The number of hydrogen-bond acceptors (Lipinski definition) is 3. The SMILES string of the molecule is C=CC(=O)N1CCSc2ccc(CO)cc2C1. The van der Waals surface area contributed by atoms with Crippen molar-refractivity contribution in [1.82, 2.24) is 4.90 Å². The van der Waals surface area contributed by atoms with Gasteiger partial charge in [-0.2, -0.15) is 0 Å². The fourth-order valence-electron chi connectivity index (χ4n) is 1.86. The summed E-state index contributed by atoms with van der Waals surface area (Å²) in [5.41, 5.74) is 1.99. The van der Waals surface area contributed by atoms with E-state index in [1.165, 1.54) is 11.0 Å². The van der Waals surface area contributed by atoms with Gasteiger partial charge in [0.15, 0.2) is 0 Å². The van der Waals surface area contributed by atoms with Crippen LogP contribution in [0.1, 0.15) is 11.1 Å². The van der Waals surface area contributed by atoms with Gasteiger partial charge in [0.2, 0.25) is 5.91 Å². The summed E-state index contributed by atoms with van der Waals surface area (Å²) in [4.78, 5) is 14.6. The molecule has 0 radical (unpaired) electrons. The molecule has 0 aliphatic carbocycles. The molecule has 90 valence electrons. The lowest BCUT2D eigenvalue weighted by molar-refractivity contribution is -0.126. The monoisotopic (exact) mass is 249 g/mol. The van der Waals surface area contributed by atoms with Crippen molar-refractivity contribution in [2.45, 2.75) is 18.0 Å². The molecular formula is C13H15NO2S. The Morgan fingerprint density at radius 1 is 1.59 bits per heavy atom. The molecule has 1 heterocycles. The number of fused-ring (bicyclic) bond motifs is 1. The number of carbonyl (C=O) groups excluding carboxylic acids is 1. The maximum atomic E-state index is 11.6. The molecule has 0 atom stereocenters. The van der Waals surface area contributed by atoms with E-state index in [-0.39, 0.29) is 12.5 Å². The molecule has 1 amide bonds. The van der Waals surface area contributed by atoms with Gasteiger partial charge in [0, 0.05) is 23.7 Å². The number of hydrogen-bond donors (Lipinski definition) is 1. The second kappa shape index (κ2) is 5.38. The lowest BCUT2D eigenvalue weighted by Crippen LogP contribution is -2.29. The predicted octanol–water partition coefficient (Wildman–Crippen LogP) is 1.80. The van der Waals surface area contributed by atoms with E-state index in [4.69, 9.17) is 5.11 Å². The first-order chi connectivity index (χ1) is 8.24. The molecule has 1 aliphatic heterocycles. The lowest BCUT2D eigenvalue weighted by Gasteiger charge is -2.18. The van der Waals surface area contributed by atoms with Crippen molar-refractivity contribution in [2.24, 2.45) is 0 Å². The van der Waals surface area contributed by atoms with Crippen molar-refractivity contribution in [3.8, 4) is 0 Å². The van der Waals surface area contributed by atoms with Crippen molar-refractivity contribution in [3.63, 3.8) is 0 Å². The van der Waals surface area contributed by atoms with E-state index in [1.807, 2.05) is 18.2 Å². The molecule has 3 nitrogen and oxygen atoms in total. The quantitative estimate of drug-likeness (QED) is 0.813. The molecule has 1 aliphatic rings. The van der Waals surface area contributed by atoms with E-state index in [9.17, 15) is 4.79 Å². The number of aliphatic hydroxyl groups excluding tert-OH is 1. The minimum Gasteiger partial charge on any atom is -0.392 e. The number of carbonyl (C=O) groups is 1. The molecule has 0 spiro atoms. The van der Waals surface area contributed by atoms with Gasteiger partial charge in [-0.05, 0) is 23.3 Å². The molecule has 1 aromatic rings. The molecule has 0 aromatic heterocycles. The van der Waals surface area contributed by atoms with E-state index < -0.39 is 0 Å². The summed E-state index contributed by atoms with van der Waals surface area (Å²) < 4.78 is 0. The van der Waals surface area contributed by atoms with Crippen LogP contribution in [0.3, 0.4) is 0 Å². The van der Waals surface area contributed by atoms with Crippen molar-refractivity contribution in [1.29, 1.82) is 0 Å². The predicted molar refractivity (Wildman–Crippen MR) is 68.7 cm³/mol. The number of nitrogens with zero attached hydrogens (tertiary/aromatic N) is 1. The zero-order valence-electron chi connectivity index (χ0n) is 9.56. The Morgan fingerprint density at radius 2 is 2.41 bits per heavy atom. The fraction of sp³-hybridized carbons (Fsp3) is 0.308. The van der Waals surface area contributed by atoms with Crippen LogP contribution in [0.25, 0.3) is 0 Å². The maximum absolute atomic E-state index is 11.6. The third-order valence-corrected chi connectivity index (χ3v) is 3.87. The van der Waals surface area contributed by atoms with Gasteiger partial charge in [0.05, 0.1) is 6.61 Å². The number of benzene rings is 1. The summed E-state index contributed by atoms with van der Waals surface area (Å²) in [5, 5.41) is 9.13. The molecule has 1 aromatic carbocycles. The molecule has 1 N–H and O–H groups in total. The summed E-state index contributed by atoms with van der Waals surface area (Å²) in [7, 11) is 0. The molecule has 0 saturated heterocycles. The van der Waals surface area contributed by atoms with Crippen LogP contribution in [0.15, 0.2) is 35.7 Å². The Bertz CT molecular complexity index is 445. The molecule has 0 fully saturated rings. The molecule has 0 bridgehead atoms. The van der Waals surface area contributed by atoms with E-state index in [0.717, 1.165) is 23.4 Å². The van der Waals surface area contributed by atoms with Crippen molar-refractivity contribution in [2.75, 3.05) is 12.3 Å². The molecule has 17 heavy (non-hydrogen) atoms. The molecule has 0 saturated carbocycles. The van der Waals surface area contributed by atoms with E-state index in [2.05, 4.69) is 6.58 Å². The van der Waals surface area contributed by atoms with E-state index in [0.29, 0.717) is 6.54 Å². The Labute approximate surface area is 105 Å². The first-order valence-electron chi connectivity index (χ1n) is 5.51. The lowest BCUT2D eigenvalue weighted by atomic mass is 10.1. The minimum absolute atomic E-state index is 0.0344. The van der Waals surface area contributed by atoms with Crippen LogP contribution in [-0.2, 0) is 17.9 Å². The highest BCUT2D eigenvalue weighted by molar-refractivity contribution is 7.99. The van der Waals surface area contributed by atoms with Crippen molar-refractivity contribution < 1.29 is 9.90 Å². The Morgan fingerprint density at radius 3 is 3.12 bits per heavy atom. The Balaban J connectivity index is 2.28. The topological polar surface area (TPSA) is 40.5 Å².